The number of rotatable bonds is 4. The van der Waals surface area contributed by atoms with Crippen LogP contribution in [0.2, 0.25) is 10.0 Å². The lowest BCUT2D eigenvalue weighted by Crippen LogP contribution is -2.13. The Labute approximate surface area is 149 Å². The summed E-state index contributed by atoms with van der Waals surface area (Å²) in [5.74, 6) is 0. The van der Waals surface area contributed by atoms with Crippen molar-refractivity contribution in [3.05, 3.63) is 70.5 Å². The molecule has 2 aromatic carbocycles. The van der Waals surface area contributed by atoms with Crippen LogP contribution < -0.4 is 4.72 Å². The number of aromatic nitrogens is 2. The molecule has 0 amide bonds. The lowest BCUT2D eigenvalue weighted by atomic mass is 10.3. The Kier molecular flexibility index (Phi) is 4.54. The van der Waals surface area contributed by atoms with Crippen LogP contribution in [0.4, 0.5) is 5.69 Å². The molecule has 0 bridgehead atoms. The van der Waals surface area contributed by atoms with Crippen molar-refractivity contribution in [3.8, 4) is 5.69 Å². The largest absolute Gasteiger partial charge is 0.280 e. The molecular formula is C16H13Cl2N3O2S. The molecule has 0 saturated carbocycles. The van der Waals surface area contributed by atoms with Gasteiger partial charge in [-0.1, -0.05) is 23.2 Å². The van der Waals surface area contributed by atoms with Crippen LogP contribution in [0.15, 0.2) is 59.6 Å². The van der Waals surface area contributed by atoms with Crippen LogP contribution in [-0.2, 0) is 10.0 Å². The third-order valence-electron chi connectivity index (χ3n) is 3.29. The van der Waals surface area contributed by atoms with Crippen LogP contribution in [0, 0.1) is 6.92 Å². The summed E-state index contributed by atoms with van der Waals surface area (Å²) >= 11 is 11.8. The standard InChI is InChI=1S/C16H13Cl2N3O2S/c1-11-8-9-21(19-11)14-5-3-13(4-6-14)20-24(22,23)16-10-12(17)2-7-15(16)18/h2-10,20H,1H3. The number of nitrogens with zero attached hydrogens (tertiary/aromatic N) is 2. The maximum atomic E-state index is 12.5. The summed E-state index contributed by atoms with van der Waals surface area (Å²) in [5, 5.41) is 4.70. The smallest absolute Gasteiger partial charge is 0.263 e. The molecule has 1 heterocycles. The van der Waals surface area contributed by atoms with E-state index in [4.69, 9.17) is 23.2 Å². The second-order valence-electron chi connectivity index (χ2n) is 5.13. The Balaban J connectivity index is 1.86. The average molecular weight is 382 g/mol. The molecule has 124 valence electrons. The van der Waals surface area contributed by atoms with Gasteiger partial charge in [0.1, 0.15) is 4.90 Å². The zero-order valence-corrected chi connectivity index (χ0v) is 14.9. The average Bonchev–Trinajstić information content (AvgIpc) is 2.96. The number of benzene rings is 2. The van der Waals surface area contributed by atoms with Crippen LogP contribution >= 0.6 is 23.2 Å². The van der Waals surface area contributed by atoms with Crippen LogP contribution in [0.1, 0.15) is 5.69 Å². The minimum absolute atomic E-state index is 0.0663. The number of nitrogens with one attached hydrogen (secondary N) is 1. The van der Waals surface area contributed by atoms with Crippen molar-refractivity contribution in [3.63, 3.8) is 0 Å². The van der Waals surface area contributed by atoms with Gasteiger partial charge in [-0.2, -0.15) is 5.10 Å². The molecule has 0 aliphatic carbocycles. The molecule has 0 spiro atoms. The second kappa shape index (κ2) is 6.47. The Hall–Kier alpha value is -2.02. The summed E-state index contributed by atoms with van der Waals surface area (Å²) in [5.41, 5.74) is 2.14. The Morgan fingerprint density at radius 2 is 1.75 bits per heavy atom. The van der Waals surface area contributed by atoms with Crippen molar-refractivity contribution >= 4 is 38.9 Å². The summed E-state index contributed by atoms with van der Waals surface area (Å²) in [7, 11) is -3.83. The summed E-state index contributed by atoms with van der Waals surface area (Å²) < 4.78 is 29.1. The molecule has 1 aromatic heterocycles. The van der Waals surface area contributed by atoms with Crippen molar-refractivity contribution in [2.24, 2.45) is 0 Å². The molecule has 1 N–H and O–H groups in total. The van der Waals surface area contributed by atoms with E-state index < -0.39 is 10.0 Å². The van der Waals surface area contributed by atoms with E-state index in [1.54, 1.807) is 28.9 Å². The number of aryl methyl sites for hydroxylation is 1. The van der Waals surface area contributed by atoms with E-state index in [1.807, 2.05) is 19.2 Å². The lowest BCUT2D eigenvalue weighted by molar-refractivity contribution is 0.601. The van der Waals surface area contributed by atoms with E-state index in [1.165, 1.54) is 18.2 Å². The molecule has 0 atom stereocenters. The first-order chi connectivity index (χ1) is 11.3. The van der Waals surface area contributed by atoms with Gasteiger partial charge in [0.15, 0.2) is 0 Å². The van der Waals surface area contributed by atoms with Crippen molar-refractivity contribution in [2.75, 3.05) is 4.72 Å². The summed E-state index contributed by atoms with van der Waals surface area (Å²) in [6.45, 7) is 1.90. The molecular weight excluding hydrogens is 369 g/mol. The number of hydrogen-bond acceptors (Lipinski definition) is 3. The fourth-order valence-electron chi connectivity index (χ4n) is 2.13. The highest BCUT2D eigenvalue weighted by atomic mass is 35.5. The summed E-state index contributed by atoms with van der Waals surface area (Å²) in [4.78, 5) is -0.0663. The molecule has 24 heavy (non-hydrogen) atoms. The van der Waals surface area contributed by atoms with Gasteiger partial charge in [0.05, 0.1) is 16.4 Å². The monoisotopic (exact) mass is 381 g/mol. The third kappa shape index (κ3) is 3.56. The minimum Gasteiger partial charge on any atom is -0.280 e. The van der Waals surface area contributed by atoms with E-state index in [2.05, 4.69) is 9.82 Å². The van der Waals surface area contributed by atoms with Gasteiger partial charge >= 0.3 is 0 Å². The molecule has 3 aromatic rings. The first kappa shape index (κ1) is 16.8. The molecule has 5 nitrogen and oxygen atoms in total. The number of halogens is 2. The first-order valence-electron chi connectivity index (χ1n) is 6.96. The fourth-order valence-corrected chi connectivity index (χ4v) is 3.96. The van der Waals surface area contributed by atoms with Crippen LogP contribution in [0.25, 0.3) is 5.69 Å². The predicted octanol–water partition coefficient (Wildman–Crippen LogP) is 4.29. The quantitative estimate of drug-likeness (QED) is 0.732. The Morgan fingerprint density at radius 3 is 2.38 bits per heavy atom. The van der Waals surface area contributed by atoms with Crippen LogP contribution in [0.5, 0.6) is 0 Å². The van der Waals surface area contributed by atoms with E-state index >= 15 is 0 Å². The topological polar surface area (TPSA) is 64.0 Å². The molecule has 8 heteroatoms. The van der Waals surface area contributed by atoms with E-state index in [0.29, 0.717) is 10.7 Å². The minimum atomic E-state index is -3.83. The molecule has 3 rings (SSSR count). The number of sulfonamides is 1. The van der Waals surface area contributed by atoms with Crippen molar-refractivity contribution in [2.45, 2.75) is 11.8 Å². The van der Waals surface area contributed by atoms with Gasteiger partial charge in [-0.25, -0.2) is 13.1 Å². The summed E-state index contributed by atoms with van der Waals surface area (Å²) in [6, 6.07) is 13.0. The van der Waals surface area contributed by atoms with E-state index in [-0.39, 0.29) is 9.92 Å². The highest BCUT2D eigenvalue weighted by Crippen LogP contribution is 2.27. The molecule has 0 radical (unpaired) electrons. The van der Waals surface area contributed by atoms with Gasteiger partial charge in [-0.3, -0.25) is 4.72 Å². The SMILES string of the molecule is Cc1ccn(-c2ccc(NS(=O)(=O)c3cc(Cl)ccc3Cl)cc2)n1. The first-order valence-corrected chi connectivity index (χ1v) is 9.20. The van der Waals surface area contributed by atoms with Gasteiger partial charge in [0.2, 0.25) is 0 Å². The number of hydrogen-bond donors (Lipinski definition) is 1. The zero-order chi connectivity index (χ0) is 17.3. The maximum Gasteiger partial charge on any atom is 0.263 e. The summed E-state index contributed by atoms with van der Waals surface area (Å²) in [6.07, 6.45) is 1.83. The highest BCUT2D eigenvalue weighted by molar-refractivity contribution is 7.92. The molecule has 0 saturated heterocycles. The lowest BCUT2D eigenvalue weighted by Gasteiger charge is -2.10. The fraction of sp³-hybridized carbons (Fsp3) is 0.0625. The molecule has 0 fully saturated rings. The van der Waals surface area contributed by atoms with Gasteiger partial charge in [-0.05, 0) is 55.5 Å². The van der Waals surface area contributed by atoms with Crippen molar-refractivity contribution < 1.29 is 8.42 Å². The van der Waals surface area contributed by atoms with Crippen molar-refractivity contribution in [1.82, 2.24) is 9.78 Å². The van der Waals surface area contributed by atoms with Crippen LogP contribution in [0.3, 0.4) is 0 Å². The Bertz CT molecular complexity index is 983. The van der Waals surface area contributed by atoms with Crippen LogP contribution in [-0.4, -0.2) is 18.2 Å². The van der Waals surface area contributed by atoms with Gasteiger partial charge < -0.3 is 0 Å². The normalized spacial score (nSPS) is 11.5. The molecule has 0 aliphatic heterocycles. The van der Waals surface area contributed by atoms with E-state index in [9.17, 15) is 8.42 Å². The van der Waals surface area contributed by atoms with Gasteiger partial charge in [0, 0.05) is 16.9 Å². The van der Waals surface area contributed by atoms with Gasteiger partial charge in [0.25, 0.3) is 10.0 Å². The molecule has 0 unspecified atom stereocenters. The van der Waals surface area contributed by atoms with Gasteiger partial charge in [-0.15, -0.1) is 0 Å². The Morgan fingerprint density at radius 1 is 1.04 bits per heavy atom. The molecule has 0 aliphatic rings. The zero-order valence-electron chi connectivity index (χ0n) is 12.6. The van der Waals surface area contributed by atoms with Crippen molar-refractivity contribution in [1.29, 1.82) is 0 Å². The second-order valence-corrected chi connectivity index (χ2v) is 7.62. The third-order valence-corrected chi connectivity index (χ3v) is 5.39. The number of anilines is 1. The van der Waals surface area contributed by atoms with E-state index in [0.717, 1.165) is 11.4 Å². The highest BCUT2D eigenvalue weighted by Gasteiger charge is 2.18. The maximum absolute atomic E-state index is 12.5. The predicted molar refractivity (Wildman–Crippen MR) is 95.6 cm³/mol.